The maximum absolute atomic E-state index is 6.14. The molecule has 1 atom stereocenters. The zero-order valence-corrected chi connectivity index (χ0v) is 16.1. The summed E-state index contributed by atoms with van der Waals surface area (Å²) in [5, 5.41) is 0. The molecular formula is C17H28IN3O. The lowest BCUT2D eigenvalue weighted by Gasteiger charge is -2.31. The van der Waals surface area contributed by atoms with Crippen molar-refractivity contribution in [3.05, 3.63) is 29.8 Å². The molecule has 124 valence electrons. The predicted octanol–water partition coefficient (Wildman–Crippen LogP) is 3.46. The van der Waals surface area contributed by atoms with E-state index < -0.39 is 0 Å². The fourth-order valence-corrected chi connectivity index (χ4v) is 2.74. The minimum Gasteiger partial charge on any atom is -0.496 e. The summed E-state index contributed by atoms with van der Waals surface area (Å²) in [7, 11) is 1.71. The van der Waals surface area contributed by atoms with Gasteiger partial charge >= 0.3 is 0 Å². The predicted molar refractivity (Wildman–Crippen MR) is 103 cm³/mol. The quantitative estimate of drug-likeness (QED) is 0.464. The van der Waals surface area contributed by atoms with Crippen LogP contribution in [0.3, 0.4) is 0 Å². The number of ether oxygens (including phenoxy) is 1. The van der Waals surface area contributed by atoms with E-state index in [4.69, 9.17) is 10.5 Å². The second kappa shape index (κ2) is 9.22. The van der Waals surface area contributed by atoms with Crippen LogP contribution >= 0.6 is 24.0 Å². The first-order valence-electron chi connectivity index (χ1n) is 7.79. The van der Waals surface area contributed by atoms with Gasteiger partial charge in [0.15, 0.2) is 5.96 Å². The van der Waals surface area contributed by atoms with Crippen LogP contribution in [0.5, 0.6) is 5.75 Å². The van der Waals surface area contributed by atoms with Crippen LogP contribution in [0.15, 0.2) is 29.3 Å². The number of piperidine rings is 1. The molecule has 5 heteroatoms. The van der Waals surface area contributed by atoms with Crippen molar-refractivity contribution in [1.82, 2.24) is 4.90 Å². The first-order chi connectivity index (χ1) is 10.1. The third kappa shape index (κ3) is 5.04. The number of benzene rings is 1. The maximum Gasteiger partial charge on any atom is 0.191 e. The Morgan fingerprint density at radius 1 is 1.36 bits per heavy atom. The van der Waals surface area contributed by atoms with Crippen LogP contribution in [0.2, 0.25) is 0 Å². The van der Waals surface area contributed by atoms with Gasteiger partial charge in [0, 0.05) is 25.6 Å². The Labute approximate surface area is 151 Å². The Morgan fingerprint density at radius 3 is 2.64 bits per heavy atom. The normalized spacial score (nSPS) is 17.8. The number of methoxy groups -OCH3 is 1. The van der Waals surface area contributed by atoms with Crippen molar-refractivity contribution in [2.45, 2.75) is 32.6 Å². The van der Waals surface area contributed by atoms with Gasteiger partial charge in [0.1, 0.15) is 5.75 Å². The molecular weight excluding hydrogens is 389 g/mol. The number of nitrogens with two attached hydrogens (primary N) is 1. The molecule has 1 heterocycles. The molecule has 0 aromatic heterocycles. The summed E-state index contributed by atoms with van der Waals surface area (Å²) in [4.78, 5) is 6.79. The van der Waals surface area contributed by atoms with Gasteiger partial charge < -0.3 is 15.4 Å². The second-order valence-corrected chi connectivity index (χ2v) is 6.01. The van der Waals surface area contributed by atoms with Gasteiger partial charge in [-0.1, -0.05) is 32.0 Å². The molecule has 0 radical (unpaired) electrons. The number of guanidine groups is 1. The summed E-state index contributed by atoms with van der Waals surface area (Å²) in [6.07, 6.45) is 2.41. The molecule has 1 aromatic carbocycles. The lowest BCUT2D eigenvalue weighted by Crippen LogP contribution is -2.42. The summed E-state index contributed by atoms with van der Waals surface area (Å²) in [5.41, 5.74) is 7.32. The van der Waals surface area contributed by atoms with Crippen molar-refractivity contribution < 1.29 is 4.74 Å². The van der Waals surface area contributed by atoms with Crippen molar-refractivity contribution in [3.63, 3.8) is 0 Å². The lowest BCUT2D eigenvalue weighted by molar-refractivity contribution is 0.277. The third-order valence-corrected chi connectivity index (χ3v) is 4.30. The molecule has 1 aromatic rings. The van der Waals surface area contributed by atoms with Crippen LogP contribution in [0.4, 0.5) is 0 Å². The Bertz CT molecular complexity index is 485. The SMILES string of the molecule is COc1ccccc1C(C)CN=C(N)N1CCC(C)CC1.I. The summed E-state index contributed by atoms with van der Waals surface area (Å²) < 4.78 is 5.41. The van der Waals surface area contributed by atoms with Crippen molar-refractivity contribution >= 4 is 29.9 Å². The molecule has 1 saturated heterocycles. The molecule has 0 spiro atoms. The molecule has 1 unspecified atom stereocenters. The molecule has 1 fully saturated rings. The second-order valence-electron chi connectivity index (χ2n) is 6.01. The largest absolute Gasteiger partial charge is 0.496 e. The summed E-state index contributed by atoms with van der Waals surface area (Å²) in [6, 6.07) is 8.11. The number of nitrogens with zero attached hydrogens (tertiary/aromatic N) is 2. The molecule has 1 aliphatic heterocycles. The fraction of sp³-hybridized carbons (Fsp3) is 0.588. The summed E-state index contributed by atoms with van der Waals surface area (Å²) >= 11 is 0. The van der Waals surface area contributed by atoms with E-state index in [0.717, 1.165) is 24.8 Å². The molecule has 0 bridgehead atoms. The Kier molecular flexibility index (Phi) is 8.00. The Hall–Kier alpha value is -0.980. The Balaban J connectivity index is 0.00000242. The molecule has 0 aliphatic carbocycles. The van der Waals surface area contributed by atoms with Gasteiger partial charge in [-0.2, -0.15) is 0 Å². The van der Waals surface area contributed by atoms with E-state index in [9.17, 15) is 0 Å². The number of hydrogen-bond donors (Lipinski definition) is 1. The van der Waals surface area contributed by atoms with E-state index >= 15 is 0 Å². The molecule has 0 amide bonds. The van der Waals surface area contributed by atoms with Gasteiger partial charge in [0.2, 0.25) is 0 Å². The highest BCUT2D eigenvalue weighted by molar-refractivity contribution is 14.0. The highest BCUT2D eigenvalue weighted by atomic mass is 127. The molecule has 0 saturated carbocycles. The molecule has 1 aliphatic rings. The smallest absolute Gasteiger partial charge is 0.191 e. The highest BCUT2D eigenvalue weighted by Crippen LogP contribution is 2.26. The zero-order valence-electron chi connectivity index (χ0n) is 13.8. The van der Waals surface area contributed by atoms with E-state index in [-0.39, 0.29) is 24.0 Å². The fourth-order valence-electron chi connectivity index (χ4n) is 2.74. The lowest BCUT2D eigenvalue weighted by atomic mass is 9.99. The molecule has 4 nitrogen and oxygen atoms in total. The summed E-state index contributed by atoms with van der Waals surface area (Å²) in [6.45, 7) is 7.21. The van der Waals surface area contributed by atoms with Gasteiger partial charge in [-0.25, -0.2) is 0 Å². The highest BCUT2D eigenvalue weighted by Gasteiger charge is 2.17. The van der Waals surface area contributed by atoms with Crippen LogP contribution in [-0.2, 0) is 0 Å². The number of para-hydroxylation sites is 1. The Morgan fingerprint density at radius 2 is 2.00 bits per heavy atom. The van der Waals surface area contributed by atoms with Gasteiger partial charge in [0.05, 0.1) is 7.11 Å². The van der Waals surface area contributed by atoms with Crippen molar-refractivity contribution in [2.75, 3.05) is 26.7 Å². The van der Waals surface area contributed by atoms with E-state index in [1.807, 2.05) is 18.2 Å². The van der Waals surface area contributed by atoms with E-state index in [1.54, 1.807) is 7.11 Å². The number of halogens is 1. The maximum atomic E-state index is 6.14. The van der Waals surface area contributed by atoms with Crippen LogP contribution in [0.25, 0.3) is 0 Å². The average molecular weight is 417 g/mol. The van der Waals surface area contributed by atoms with Crippen LogP contribution < -0.4 is 10.5 Å². The minimum absolute atomic E-state index is 0. The van der Waals surface area contributed by atoms with Gasteiger partial charge in [-0.05, 0) is 30.4 Å². The summed E-state index contributed by atoms with van der Waals surface area (Å²) in [5.74, 6) is 2.71. The van der Waals surface area contributed by atoms with E-state index in [0.29, 0.717) is 18.4 Å². The topological polar surface area (TPSA) is 50.9 Å². The number of rotatable bonds is 4. The zero-order chi connectivity index (χ0) is 15.2. The van der Waals surface area contributed by atoms with E-state index in [1.165, 1.54) is 18.4 Å². The van der Waals surface area contributed by atoms with Crippen LogP contribution in [0.1, 0.15) is 38.2 Å². The van der Waals surface area contributed by atoms with Crippen molar-refractivity contribution in [3.8, 4) is 5.75 Å². The van der Waals surface area contributed by atoms with Crippen LogP contribution in [-0.4, -0.2) is 37.6 Å². The monoisotopic (exact) mass is 417 g/mol. The number of likely N-dealkylation sites (tertiary alicyclic amines) is 1. The first-order valence-corrected chi connectivity index (χ1v) is 7.79. The average Bonchev–Trinajstić information content (AvgIpc) is 2.52. The number of hydrogen-bond acceptors (Lipinski definition) is 2. The van der Waals surface area contributed by atoms with Gasteiger partial charge in [-0.3, -0.25) is 4.99 Å². The van der Waals surface area contributed by atoms with Gasteiger partial charge in [-0.15, -0.1) is 24.0 Å². The third-order valence-electron chi connectivity index (χ3n) is 4.30. The minimum atomic E-state index is 0. The number of aliphatic imine (C=N–C) groups is 1. The van der Waals surface area contributed by atoms with Crippen molar-refractivity contribution in [2.24, 2.45) is 16.6 Å². The first kappa shape index (κ1) is 19.1. The van der Waals surface area contributed by atoms with Crippen LogP contribution in [0, 0.1) is 5.92 Å². The molecule has 2 N–H and O–H groups in total. The van der Waals surface area contributed by atoms with Crippen molar-refractivity contribution in [1.29, 1.82) is 0 Å². The molecule has 2 rings (SSSR count). The standard InChI is InChI=1S/C17H27N3O.HI/c1-13-8-10-20(11-9-13)17(18)19-12-14(2)15-6-4-5-7-16(15)21-3;/h4-7,13-14H,8-12H2,1-3H3,(H2,18,19);1H. The van der Waals surface area contributed by atoms with Gasteiger partial charge in [0.25, 0.3) is 0 Å². The van der Waals surface area contributed by atoms with E-state index in [2.05, 4.69) is 29.8 Å². The molecule has 22 heavy (non-hydrogen) atoms.